The van der Waals surface area contributed by atoms with E-state index in [9.17, 15) is 0 Å². The van der Waals surface area contributed by atoms with Gasteiger partial charge < -0.3 is 10.6 Å². The fraction of sp³-hybridized carbons (Fsp3) is 0.600. The summed E-state index contributed by atoms with van der Waals surface area (Å²) < 4.78 is 0. The maximum atomic E-state index is 5.54. The summed E-state index contributed by atoms with van der Waals surface area (Å²) in [4.78, 5) is 4.89. The van der Waals surface area contributed by atoms with E-state index in [0.717, 1.165) is 39.3 Å². The fourth-order valence-electron chi connectivity index (χ4n) is 1.82. The Hall–Kier alpha value is -0.580. The highest BCUT2D eigenvalue weighted by molar-refractivity contribution is 7.14. The van der Waals surface area contributed by atoms with Crippen LogP contribution < -0.4 is 10.6 Å². The normalized spacial score (nSPS) is 18.8. The van der Waals surface area contributed by atoms with Crippen LogP contribution in [0.5, 0.6) is 0 Å². The second kappa shape index (κ2) is 4.77. The summed E-state index contributed by atoms with van der Waals surface area (Å²) in [7, 11) is 0. The molecule has 1 aromatic rings. The van der Waals surface area contributed by atoms with Crippen LogP contribution in [0.4, 0.5) is 5.00 Å². The molecular formula is C10H17N3S. The zero-order chi connectivity index (χ0) is 9.80. The average Bonchev–Trinajstić information content (AvgIpc) is 2.72. The summed E-state index contributed by atoms with van der Waals surface area (Å²) in [6.07, 6.45) is 0. The number of nitrogens with two attached hydrogens (primary N) is 1. The lowest BCUT2D eigenvalue weighted by Gasteiger charge is -2.34. The summed E-state index contributed by atoms with van der Waals surface area (Å²) in [5, 5.41) is 3.54. The second-order valence-corrected chi connectivity index (χ2v) is 4.49. The van der Waals surface area contributed by atoms with E-state index >= 15 is 0 Å². The van der Waals surface area contributed by atoms with Crippen molar-refractivity contribution in [1.82, 2.24) is 4.90 Å². The average molecular weight is 211 g/mol. The Labute approximate surface area is 89.1 Å². The van der Waals surface area contributed by atoms with Crippen molar-refractivity contribution in [3.63, 3.8) is 0 Å². The van der Waals surface area contributed by atoms with Crippen LogP contribution in [0, 0.1) is 0 Å². The van der Waals surface area contributed by atoms with E-state index in [1.807, 2.05) is 11.3 Å². The van der Waals surface area contributed by atoms with Gasteiger partial charge in [-0.05, 0) is 17.5 Å². The Balaban J connectivity index is 1.84. The lowest BCUT2D eigenvalue weighted by molar-refractivity contribution is 0.265. The molecule has 1 saturated heterocycles. The van der Waals surface area contributed by atoms with Gasteiger partial charge in [0.2, 0.25) is 0 Å². The first-order chi connectivity index (χ1) is 6.90. The molecule has 1 aliphatic heterocycles. The lowest BCUT2D eigenvalue weighted by atomic mass is 10.3. The van der Waals surface area contributed by atoms with Gasteiger partial charge in [0.15, 0.2) is 0 Å². The third-order valence-corrected chi connectivity index (χ3v) is 3.56. The number of hydrogen-bond acceptors (Lipinski definition) is 4. The zero-order valence-electron chi connectivity index (χ0n) is 8.35. The van der Waals surface area contributed by atoms with Crippen molar-refractivity contribution >= 4 is 16.3 Å². The Morgan fingerprint density at radius 3 is 2.64 bits per heavy atom. The summed E-state index contributed by atoms with van der Waals surface area (Å²) >= 11 is 1.83. The number of hydrogen-bond donors (Lipinski definition) is 1. The van der Waals surface area contributed by atoms with Crippen LogP contribution in [0.1, 0.15) is 0 Å². The monoisotopic (exact) mass is 211 g/mol. The third-order valence-electron chi connectivity index (χ3n) is 2.64. The highest BCUT2D eigenvalue weighted by atomic mass is 32.1. The molecule has 0 radical (unpaired) electrons. The maximum absolute atomic E-state index is 5.54. The largest absolute Gasteiger partial charge is 0.361 e. The summed E-state index contributed by atoms with van der Waals surface area (Å²) in [6.45, 7) is 6.39. The lowest BCUT2D eigenvalue weighted by Crippen LogP contribution is -2.47. The summed E-state index contributed by atoms with van der Waals surface area (Å²) in [6, 6.07) is 4.31. The van der Waals surface area contributed by atoms with E-state index in [1.54, 1.807) is 0 Å². The number of piperazine rings is 1. The van der Waals surface area contributed by atoms with Crippen LogP contribution in [0.15, 0.2) is 17.5 Å². The van der Waals surface area contributed by atoms with Gasteiger partial charge in [-0.2, -0.15) is 0 Å². The number of thiophene rings is 1. The molecular weight excluding hydrogens is 194 g/mol. The van der Waals surface area contributed by atoms with Crippen molar-refractivity contribution in [2.45, 2.75) is 0 Å². The minimum Gasteiger partial charge on any atom is -0.361 e. The van der Waals surface area contributed by atoms with Crippen molar-refractivity contribution in [3.05, 3.63) is 17.5 Å². The van der Waals surface area contributed by atoms with Gasteiger partial charge in [0.1, 0.15) is 0 Å². The SMILES string of the molecule is NCCN1CCN(c2cccs2)CC1. The van der Waals surface area contributed by atoms with Gasteiger partial charge in [-0.25, -0.2) is 0 Å². The molecule has 0 unspecified atom stereocenters. The minimum absolute atomic E-state index is 0.777. The van der Waals surface area contributed by atoms with Gasteiger partial charge >= 0.3 is 0 Å². The van der Waals surface area contributed by atoms with Crippen molar-refractivity contribution in [1.29, 1.82) is 0 Å². The van der Waals surface area contributed by atoms with E-state index in [4.69, 9.17) is 5.73 Å². The third kappa shape index (κ3) is 2.26. The van der Waals surface area contributed by atoms with Crippen LogP contribution in [0.25, 0.3) is 0 Å². The molecule has 2 N–H and O–H groups in total. The van der Waals surface area contributed by atoms with Gasteiger partial charge in [-0.15, -0.1) is 11.3 Å². The predicted octanol–water partition coefficient (Wildman–Crippen LogP) is 0.829. The summed E-state index contributed by atoms with van der Waals surface area (Å²) in [5.41, 5.74) is 5.54. The van der Waals surface area contributed by atoms with Crippen molar-refractivity contribution < 1.29 is 0 Å². The van der Waals surface area contributed by atoms with Crippen LogP contribution in [0.2, 0.25) is 0 Å². The van der Waals surface area contributed by atoms with Crippen molar-refractivity contribution in [2.75, 3.05) is 44.2 Å². The van der Waals surface area contributed by atoms with E-state index < -0.39 is 0 Å². The first-order valence-electron chi connectivity index (χ1n) is 5.11. The van der Waals surface area contributed by atoms with Gasteiger partial charge in [0, 0.05) is 39.3 Å². The number of nitrogens with zero attached hydrogens (tertiary/aromatic N) is 2. The molecule has 1 aromatic heterocycles. The number of anilines is 1. The molecule has 0 spiro atoms. The van der Waals surface area contributed by atoms with Crippen LogP contribution in [-0.4, -0.2) is 44.2 Å². The standard InChI is InChI=1S/C10H17N3S/c11-3-4-12-5-7-13(8-6-12)10-2-1-9-14-10/h1-2,9H,3-8,11H2. The molecule has 0 atom stereocenters. The highest BCUT2D eigenvalue weighted by Gasteiger charge is 2.16. The Morgan fingerprint density at radius 2 is 2.07 bits per heavy atom. The molecule has 0 saturated carbocycles. The predicted molar refractivity (Wildman–Crippen MR) is 62.0 cm³/mol. The Morgan fingerprint density at radius 1 is 1.29 bits per heavy atom. The molecule has 0 bridgehead atoms. The molecule has 1 fully saturated rings. The maximum Gasteiger partial charge on any atom is 0.0909 e. The van der Waals surface area contributed by atoms with Gasteiger partial charge in [0.05, 0.1) is 5.00 Å². The van der Waals surface area contributed by atoms with E-state index in [2.05, 4.69) is 27.3 Å². The molecule has 78 valence electrons. The topological polar surface area (TPSA) is 32.5 Å². The Kier molecular flexibility index (Phi) is 3.39. The van der Waals surface area contributed by atoms with E-state index in [1.165, 1.54) is 5.00 Å². The molecule has 0 aromatic carbocycles. The van der Waals surface area contributed by atoms with Gasteiger partial charge in [0.25, 0.3) is 0 Å². The first kappa shape index (κ1) is 9.96. The van der Waals surface area contributed by atoms with Crippen molar-refractivity contribution in [2.24, 2.45) is 5.73 Å². The molecule has 4 heteroatoms. The minimum atomic E-state index is 0.777. The highest BCUT2D eigenvalue weighted by Crippen LogP contribution is 2.22. The van der Waals surface area contributed by atoms with E-state index in [-0.39, 0.29) is 0 Å². The Bertz CT molecular complexity index is 252. The van der Waals surface area contributed by atoms with Crippen LogP contribution >= 0.6 is 11.3 Å². The first-order valence-corrected chi connectivity index (χ1v) is 5.99. The fourth-order valence-corrected chi connectivity index (χ4v) is 2.61. The molecule has 2 heterocycles. The molecule has 14 heavy (non-hydrogen) atoms. The van der Waals surface area contributed by atoms with E-state index in [0.29, 0.717) is 0 Å². The van der Waals surface area contributed by atoms with Gasteiger partial charge in [-0.1, -0.05) is 0 Å². The molecule has 0 aliphatic carbocycles. The van der Waals surface area contributed by atoms with Crippen LogP contribution in [0.3, 0.4) is 0 Å². The quantitative estimate of drug-likeness (QED) is 0.804. The van der Waals surface area contributed by atoms with Crippen molar-refractivity contribution in [3.8, 4) is 0 Å². The second-order valence-electron chi connectivity index (χ2n) is 3.57. The zero-order valence-corrected chi connectivity index (χ0v) is 9.17. The number of rotatable bonds is 3. The summed E-state index contributed by atoms with van der Waals surface area (Å²) in [5.74, 6) is 0. The van der Waals surface area contributed by atoms with Gasteiger partial charge in [-0.3, -0.25) is 4.90 Å². The smallest absolute Gasteiger partial charge is 0.0909 e. The molecule has 3 nitrogen and oxygen atoms in total. The van der Waals surface area contributed by atoms with Crippen LogP contribution in [-0.2, 0) is 0 Å². The molecule has 2 rings (SSSR count). The molecule has 0 amide bonds. The molecule has 1 aliphatic rings.